The van der Waals surface area contributed by atoms with Crippen LogP contribution < -0.4 is 5.32 Å². The molecule has 0 aromatic heterocycles. The SMILES string of the molecule is C=C(NCC(C)=O)c1ccccc1. The lowest BCUT2D eigenvalue weighted by molar-refractivity contribution is -0.116. The van der Waals surface area contributed by atoms with Crippen molar-refractivity contribution in [3.63, 3.8) is 0 Å². The Labute approximate surface area is 78.3 Å². The zero-order chi connectivity index (χ0) is 9.68. The number of benzene rings is 1. The first-order valence-corrected chi connectivity index (χ1v) is 4.18. The highest BCUT2D eigenvalue weighted by atomic mass is 16.1. The molecule has 0 heterocycles. The third-order valence-electron chi connectivity index (χ3n) is 1.67. The second kappa shape index (κ2) is 4.45. The largest absolute Gasteiger partial charge is 0.378 e. The van der Waals surface area contributed by atoms with Gasteiger partial charge in [-0.25, -0.2) is 0 Å². The highest BCUT2D eigenvalue weighted by molar-refractivity contribution is 5.79. The average Bonchev–Trinajstić information content (AvgIpc) is 2.15. The molecule has 0 saturated carbocycles. The van der Waals surface area contributed by atoms with Crippen molar-refractivity contribution in [3.8, 4) is 0 Å². The summed E-state index contributed by atoms with van der Waals surface area (Å²) in [6.45, 7) is 5.72. The highest BCUT2D eigenvalue weighted by Crippen LogP contribution is 2.07. The maximum Gasteiger partial charge on any atom is 0.148 e. The molecule has 1 aromatic carbocycles. The summed E-state index contributed by atoms with van der Waals surface area (Å²) in [5, 5.41) is 2.95. The summed E-state index contributed by atoms with van der Waals surface area (Å²) < 4.78 is 0. The number of hydrogen-bond donors (Lipinski definition) is 1. The first-order valence-electron chi connectivity index (χ1n) is 4.18. The summed E-state index contributed by atoms with van der Waals surface area (Å²) in [6, 6.07) is 9.73. The Bertz CT molecular complexity index is 303. The molecule has 0 radical (unpaired) electrons. The zero-order valence-corrected chi connectivity index (χ0v) is 7.71. The molecule has 1 N–H and O–H groups in total. The summed E-state index contributed by atoms with van der Waals surface area (Å²) in [7, 11) is 0. The first kappa shape index (κ1) is 9.52. The molecule has 0 fully saturated rings. The van der Waals surface area contributed by atoms with Gasteiger partial charge < -0.3 is 5.32 Å². The molecule has 1 rings (SSSR count). The minimum absolute atomic E-state index is 0.108. The second-order valence-electron chi connectivity index (χ2n) is 2.90. The fourth-order valence-electron chi connectivity index (χ4n) is 0.973. The molecule has 1 aromatic rings. The van der Waals surface area contributed by atoms with Crippen LogP contribution in [0.2, 0.25) is 0 Å². The van der Waals surface area contributed by atoms with E-state index in [1.165, 1.54) is 0 Å². The van der Waals surface area contributed by atoms with Crippen LogP contribution in [0, 0.1) is 0 Å². The Morgan fingerprint density at radius 2 is 2.00 bits per heavy atom. The van der Waals surface area contributed by atoms with Gasteiger partial charge in [0.2, 0.25) is 0 Å². The van der Waals surface area contributed by atoms with Crippen molar-refractivity contribution in [3.05, 3.63) is 42.5 Å². The third kappa shape index (κ3) is 3.11. The third-order valence-corrected chi connectivity index (χ3v) is 1.67. The predicted molar refractivity (Wildman–Crippen MR) is 54.2 cm³/mol. The quantitative estimate of drug-likeness (QED) is 0.756. The lowest BCUT2D eigenvalue weighted by Crippen LogP contribution is -2.18. The summed E-state index contributed by atoms with van der Waals surface area (Å²) in [6.07, 6.45) is 0. The molecular formula is C11H13NO. The van der Waals surface area contributed by atoms with Gasteiger partial charge in [0, 0.05) is 5.70 Å². The van der Waals surface area contributed by atoms with E-state index in [-0.39, 0.29) is 5.78 Å². The van der Waals surface area contributed by atoms with E-state index in [1.807, 2.05) is 30.3 Å². The Balaban J connectivity index is 2.54. The normalized spacial score (nSPS) is 9.31. The number of carbonyl (C=O) groups is 1. The molecule has 0 aliphatic heterocycles. The van der Waals surface area contributed by atoms with Crippen LogP contribution in [0.4, 0.5) is 0 Å². The van der Waals surface area contributed by atoms with Crippen LogP contribution in [0.3, 0.4) is 0 Å². The lowest BCUT2D eigenvalue weighted by Gasteiger charge is -2.06. The zero-order valence-electron chi connectivity index (χ0n) is 7.71. The monoisotopic (exact) mass is 175 g/mol. The number of Topliss-reactive ketones (excluding diaryl/α,β-unsaturated/α-hetero) is 1. The predicted octanol–water partition coefficient (Wildman–Crippen LogP) is 1.84. The molecule has 2 heteroatoms. The molecule has 13 heavy (non-hydrogen) atoms. The summed E-state index contributed by atoms with van der Waals surface area (Å²) >= 11 is 0. The van der Waals surface area contributed by atoms with E-state index in [2.05, 4.69) is 11.9 Å². The van der Waals surface area contributed by atoms with E-state index in [4.69, 9.17) is 0 Å². The molecule has 0 amide bonds. The number of nitrogens with one attached hydrogen (secondary N) is 1. The van der Waals surface area contributed by atoms with Gasteiger partial charge in [-0.05, 0) is 12.5 Å². The van der Waals surface area contributed by atoms with Crippen molar-refractivity contribution >= 4 is 11.5 Å². The van der Waals surface area contributed by atoms with Gasteiger partial charge in [0.05, 0.1) is 6.54 Å². The molecule has 0 bridgehead atoms. The van der Waals surface area contributed by atoms with E-state index < -0.39 is 0 Å². The van der Waals surface area contributed by atoms with Gasteiger partial charge >= 0.3 is 0 Å². The fraction of sp³-hybridized carbons (Fsp3) is 0.182. The van der Waals surface area contributed by atoms with E-state index >= 15 is 0 Å². The smallest absolute Gasteiger partial charge is 0.148 e. The summed E-state index contributed by atoms with van der Waals surface area (Å²) in [4.78, 5) is 10.7. The fourth-order valence-corrected chi connectivity index (χ4v) is 0.973. The molecule has 2 nitrogen and oxygen atoms in total. The second-order valence-corrected chi connectivity index (χ2v) is 2.90. The number of ketones is 1. The Morgan fingerprint density at radius 3 is 2.54 bits per heavy atom. The van der Waals surface area contributed by atoms with E-state index in [0.29, 0.717) is 6.54 Å². The molecule has 0 unspecified atom stereocenters. The minimum Gasteiger partial charge on any atom is -0.378 e. The van der Waals surface area contributed by atoms with Crippen LogP contribution in [-0.4, -0.2) is 12.3 Å². The summed E-state index contributed by atoms with van der Waals surface area (Å²) in [5.74, 6) is 0.108. The first-order chi connectivity index (χ1) is 6.20. The Hall–Kier alpha value is -1.57. The molecule has 68 valence electrons. The maximum atomic E-state index is 10.7. The number of carbonyl (C=O) groups excluding carboxylic acids is 1. The van der Waals surface area contributed by atoms with Crippen molar-refractivity contribution in [2.45, 2.75) is 6.92 Å². The maximum absolute atomic E-state index is 10.7. The van der Waals surface area contributed by atoms with E-state index in [0.717, 1.165) is 11.3 Å². The van der Waals surface area contributed by atoms with Gasteiger partial charge in [0.15, 0.2) is 0 Å². The number of rotatable bonds is 4. The highest BCUT2D eigenvalue weighted by Gasteiger charge is 1.97. The topological polar surface area (TPSA) is 29.1 Å². The molecular weight excluding hydrogens is 162 g/mol. The van der Waals surface area contributed by atoms with Crippen LogP contribution in [0.25, 0.3) is 5.70 Å². The van der Waals surface area contributed by atoms with Gasteiger partial charge in [-0.1, -0.05) is 36.9 Å². The number of hydrogen-bond acceptors (Lipinski definition) is 2. The van der Waals surface area contributed by atoms with Crippen LogP contribution >= 0.6 is 0 Å². The Kier molecular flexibility index (Phi) is 3.26. The van der Waals surface area contributed by atoms with Gasteiger partial charge in [-0.2, -0.15) is 0 Å². The Morgan fingerprint density at radius 1 is 1.38 bits per heavy atom. The average molecular weight is 175 g/mol. The lowest BCUT2D eigenvalue weighted by atomic mass is 10.2. The van der Waals surface area contributed by atoms with E-state index in [9.17, 15) is 4.79 Å². The van der Waals surface area contributed by atoms with Crippen LogP contribution in [0.1, 0.15) is 12.5 Å². The molecule has 0 aliphatic rings. The van der Waals surface area contributed by atoms with Crippen LogP contribution in [-0.2, 0) is 4.79 Å². The molecule has 0 saturated heterocycles. The van der Waals surface area contributed by atoms with Crippen molar-refractivity contribution in [1.29, 1.82) is 0 Å². The van der Waals surface area contributed by atoms with Crippen molar-refractivity contribution in [2.75, 3.05) is 6.54 Å². The summed E-state index contributed by atoms with van der Waals surface area (Å²) in [5.41, 5.74) is 1.81. The van der Waals surface area contributed by atoms with Crippen molar-refractivity contribution in [1.82, 2.24) is 5.32 Å². The molecule has 0 atom stereocenters. The van der Waals surface area contributed by atoms with Crippen molar-refractivity contribution < 1.29 is 4.79 Å². The van der Waals surface area contributed by atoms with Gasteiger partial charge in [0.1, 0.15) is 5.78 Å². The molecule has 0 spiro atoms. The molecule has 0 aliphatic carbocycles. The van der Waals surface area contributed by atoms with Crippen LogP contribution in [0.15, 0.2) is 36.9 Å². The van der Waals surface area contributed by atoms with Crippen LogP contribution in [0.5, 0.6) is 0 Å². The van der Waals surface area contributed by atoms with E-state index in [1.54, 1.807) is 6.92 Å². The standard InChI is InChI=1S/C11H13NO/c1-9(13)8-12-10(2)11-6-4-3-5-7-11/h3-7,12H,2,8H2,1H3. The van der Waals surface area contributed by atoms with Crippen molar-refractivity contribution in [2.24, 2.45) is 0 Å². The van der Waals surface area contributed by atoms with Gasteiger partial charge in [-0.3, -0.25) is 4.79 Å². The van der Waals surface area contributed by atoms with Gasteiger partial charge in [-0.15, -0.1) is 0 Å². The minimum atomic E-state index is 0.108. The van der Waals surface area contributed by atoms with Gasteiger partial charge in [0.25, 0.3) is 0 Å².